The Morgan fingerprint density at radius 1 is 0.955 bits per heavy atom. The lowest BCUT2D eigenvalue weighted by Crippen LogP contribution is -2.52. The summed E-state index contributed by atoms with van der Waals surface area (Å²) in [6.45, 7) is 6.74. The molecule has 44 heavy (non-hydrogen) atoms. The maximum atomic E-state index is 10.6. The second-order valence-corrected chi connectivity index (χ2v) is 12.3. The molecule has 1 unspecified atom stereocenters. The second kappa shape index (κ2) is 12.3. The maximum absolute atomic E-state index is 10.6. The Hall–Kier alpha value is -3.88. The molecule has 1 saturated carbocycles. The van der Waals surface area contributed by atoms with Gasteiger partial charge >= 0.3 is 0 Å². The number of aromatic amines is 1. The quantitative estimate of drug-likeness (QED) is 0.164. The highest BCUT2D eigenvalue weighted by Crippen LogP contribution is 2.36. The van der Waals surface area contributed by atoms with Gasteiger partial charge in [-0.1, -0.05) is 0 Å². The number of aliphatic hydroxyl groups excluding tert-OH is 2. The maximum Gasteiger partial charge on any atom is 0.158 e. The molecule has 232 valence electrons. The molecule has 5 heterocycles. The van der Waals surface area contributed by atoms with Crippen LogP contribution in [0.3, 0.4) is 0 Å². The van der Waals surface area contributed by atoms with Gasteiger partial charge in [-0.2, -0.15) is 0 Å². The Bertz CT molecular complexity index is 1570. The number of aliphatic hydroxyl groups is 2. The van der Waals surface area contributed by atoms with Crippen LogP contribution in [0, 0.1) is 0 Å². The van der Waals surface area contributed by atoms with Gasteiger partial charge in [-0.3, -0.25) is 4.90 Å². The molecule has 7 rings (SSSR count). The van der Waals surface area contributed by atoms with Crippen LogP contribution in [0.25, 0.3) is 22.4 Å². The number of aromatic nitrogens is 5. The molecule has 7 N–H and O–H groups in total. The van der Waals surface area contributed by atoms with E-state index >= 15 is 0 Å². The fourth-order valence-corrected chi connectivity index (χ4v) is 6.54. The van der Waals surface area contributed by atoms with E-state index in [1.807, 2.05) is 18.2 Å². The van der Waals surface area contributed by atoms with E-state index in [9.17, 15) is 10.2 Å². The van der Waals surface area contributed by atoms with Crippen LogP contribution in [0.4, 0.5) is 23.0 Å². The molecule has 1 aromatic carbocycles. The fraction of sp³-hybridized carbons (Fsp3) is 0.484. The highest BCUT2D eigenvalue weighted by atomic mass is 16.3. The van der Waals surface area contributed by atoms with Crippen LogP contribution in [0.5, 0.6) is 0 Å². The summed E-state index contributed by atoms with van der Waals surface area (Å²) in [5.41, 5.74) is 10.7. The van der Waals surface area contributed by atoms with Crippen molar-refractivity contribution in [3.63, 3.8) is 0 Å². The zero-order valence-electron chi connectivity index (χ0n) is 25.0. The van der Waals surface area contributed by atoms with E-state index in [-0.39, 0.29) is 17.8 Å². The van der Waals surface area contributed by atoms with Gasteiger partial charge in [0.25, 0.3) is 0 Å². The van der Waals surface area contributed by atoms with Crippen LogP contribution < -0.4 is 21.3 Å². The minimum atomic E-state index is -1.36. The summed E-state index contributed by atoms with van der Waals surface area (Å²) in [6, 6.07) is 10.8. The molecular weight excluding hydrogens is 558 g/mol. The number of likely N-dealkylation sites (N-methyl/N-ethyl adjacent to an activating group) is 1. The molecule has 0 bridgehead atoms. The SMILES string of the molecule is CN1CCN(C2CCN(c3ccc(Nc4nc(N[C@H]5C[C@H](O)C5)c(-c5ccnc6[nH]cnc56)nc4C(N)O)cc3)CC2)CC1. The number of hydrogen-bond acceptors (Lipinski definition) is 12. The van der Waals surface area contributed by atoms with Gasteiger partial charge < -0.3 is 41.4 Å². The van der Waals surface area contributed by atoms with Crippen molar-refractivity contribution in [1.29, 1.82) is 0 Å². The molecular formula is C31H41N11O2. The molecule has 3 fully saturated rings. The number of imidazole rings is 1. The zero-order chi connectivity index (χ0) is 30.2. The Balaban J connectivity index is 1.11. The number of nitrogens with one attached hydrogen (secondary N) is 3. The lowest BCUT2D eigenvalue weighted by Gasteiger charge is -2.42. The first kappa shape index (κ1) is 28.9. The average Bonchev–Trinajstić information content (AvgIpc) is 3.51. The standard InChI is InChI=1S/C31H41N11O2/c1-40-12-14-42(15-13-40)22-7-10-41(11-8-22)21-4-2-19(3-5-21)36-31-27(28(32)44)38-26(30(39-31)37-20-16-23(43)17-20)24-6-9-33-29-25(24)34-18-35-29/h2-6,9,18,20,22-23,28,43-44H,7-8,10-17,32H2,1H3,(H,33,34,35)(H2,36,37,39)/t20-,23-,28?. The molecule has 3 aromatic heterocycles. The molecule has 0 radical (unpaired) electrons. The first-order valence-corrected chi connectivity index (χ1v) is 15.5. The number of piperidine rings is 1. The fourth-order valence-electron chi connectivity index (χ4n) is 6.54. The minimum absolute atomic E-state index is 0.0516. The first-order chi connectivity index (χ1) is 21.4. The van der Waals surface area contributed by atoms with Crippen LogP contribution in [-0.4, -0.2) is 109 Å². The van der Waals surface area contributed by atoms with Gasteiger partial charge in [0.2, 0.25) is 0 Å². The third-order valence-electron chi connectivity index (χ3n) is 9.25. The number of anilines is 4. The second-order valence-electron chi connectivity index (χ2n) is 12.3. The average molecular weight is 600 g/mol. The summed E-state index contributed by atoms with van der Waals surface area (Å²) in [5, 5.41) is 27.2. The van der Waals surface area contributed by atoms with E-state index < -0.39 is 6.23 Å². The number of H-pyrrole nitrogens is 1. The van der Waals surface area contributed by atoms with E-state index in [0.29, 0.717) is 52.9 Å². The van der Waals surface area contributed by atoms with Crippen LogP contribution >= 0.6 is 0 Å². The molecule has 1 aliphatic carbocycles. The molecule has 13 nitrogen and oxygen atoms in total. The van der Waals surface area contributed by atoms with E-state index in [1.165, 1.54) is 31.6 Å². The van der Waals surface area contributed by atoms with Crippen LogP contribution in [0.15, 0.2) is 42.9 Å². The van der Waals surface area contributed by atoms with Crippen molar-refractivity contribution < 1.29 is 10.2 Å². The Morgan fingerprint density at radius 2 is 1.70 bits per heavy atom. The van der Waals surface area contributed by atoms with Gasteiger partial charge in [0.1, 0.15) is 23.1 Å². The summed E-state index contributed by atoms with van der Waals surface area (Å²) in [5.74, 6) is 0.878. The van der Waals surface area contributed by atoms with Crippen molar-refractivity contribution in [1.82, 2.24) is 34.7 Å². The van der Waals surface area contributed by atoms with E-state index in [2.05, 4.69) is 59.5 Å². The zero-order valence-corrected chi connectivity index (χ0v) is 25.0. The van der Waals surface area contributed by atoms with Crippen molar-refractivity contribution in [2.45, 2.75) is 50.1 Å². The molecule has 2 saturated heterocycles. The monoisotopic (exact) mass is 599 g/mol. The van der Waals surface area contributed by atoms with Gasteiger partial charge in [0.05, 0.1) is 12.4 Å². The van der Waals surface area contributed by atoms with E-state index in [0.717, 1.165) is 31.9 Å². The summed E-state index contributed by atoms with van der Waals surface area (Å²) < 4.78 is 0. The topological polar surface area (TPSA) is 168 Å². The lowest BCUT2D eigenvalue weighted by molar-refractivity contribution is 0.0835. The normalized spacial score (nSPS) is 22.6. The van der Waals surface area contributed by atoms with Crippen molar-refractivity contribution in [3.05, 3.63) is 48.5 Å². The highest BCUT2D eigenvalue weighted by molar-refractivity contribution is 5.92. The Labute approximate surface area is 256 Å². The number of nitrogens with two attached hydrogens (primary N) is 1. The van der Waals surface area contributed by atoms with Crippen molar-refractivity contribution in [2.24, 2.45) is 5.73 Å². The third-order valence-corrected chi connectivity index (χ3v) is 9.25. The predicted molar refractivity (Wildman–Crippen MR) is 171 cm³/mol. The van der Waals surface area contributed by atoms with E-state index in [1.54, 1.807) is 12.5 Å². The highest BCUT2D eigenvalue weighted by Gasteiger charge is 2.30. The smallest absolute Gasteiger partial charge is 0.158 e. The number of nitrogens with zero attached hydrogens (tertiary/aromatic N) is 7. The number of pyridine rings is 1. The van der Waals surface area contributed by atoms with Crippen molar-refractivity contribution >= 4 is 34.2 Å². The van der Waals surface area contributed by atoms with Gasteiger partial charge in [-0.25, -0.2) is 19.9 Å². The largest absolute Gasteiger partial charge is 0.393 e. The summed E-state index contributed by atoms with van der Waals surface area (Å²) >= 11 is 0. The molecule has 13 heteroatoms. The minimum Gasteiger partial charge on any atom is -0.393 e. The number of piperazine rings is 1. The molecule has 4 aromatic rings. The number of rotatable bonds is 8. The molecule has 2 aliphatic heterocycles. The number of benzene rings is 1. The van der Waals surface area contributed by atoms with Crippen molar-refractivity contribution in [2.75, 3.05) is 61.8 Å². The van der Waals surface area contributed by atoms with Gasteiger partial charge in [0, 0.05) is 74.5 Å². The number of hydrogen-bond donors (Lipinski definition) is 6. The number of fused-ring (bicyclic) bond motifs is 1. The van der Waals surface area contributed by atoms with Crippen LogP contribution in [0.2, 0.25) is 0 Å². The van der Waals surface area contributed by atoms with E-state index in [4.69, 9.17) is 15.7 Å². The summed E-state index contributed by atoms with van der Waals surface area (Å²) in [4.78, 5) is 29.0. The van der Waals surface area contributed by atoms with Crippen molar-refractivity contribution in [3.8, 4) is 11.3 Å². The van der Waals surface area contributed by atoms with Crippen LogP contribution in [-0.2, 0) is 0 Å². The van der Waals surface area contributed by atoms with Gasteiger partial charge in [-0.15, -0.1) is 0 Å². The molecule has 0 spiro atoms. The molecule has 0 amide bonds. The third kappa shape index (κ3) is 5.93. The van der Waals surface area contributed by atoms with Gasteiger partial charge in [0.15, 0.2) is 17.3 Å². The summed E-state index contributed by atoms with van der Waals surface area (Å²) in [7, 11) is 2.21. The first-order valence-electron chi connectivity index (χ1n) is 15.5. The predicted octanol–water partition coefficient (Wildman–Crippen LogP) is 2.26. The van der Waals surface area contributed by atoms with Crippen LogP contribution in [0.1, 0.15) is 37.6 Å². The van der Waals surface area contributed by atoms with Gasteiger partial charge in [-0.05, 0) is 63.1 Å². The Kier molecular flexibility index (Phi) is 8.04. The summed E-state index contributed by atoms with van der Waals surface area (Å²) in [6.07, 6.45) is 5.16. The lowest BCUT2D eigenvalue weighted by atomic mass is 9.89. The Morgan fingerprint density at radius 3 is 2.41 bits per heavy atom. The molecule has 3 aliphatic rings. The molecule has 1 atom stereocenters.